The Hall–Kier alpha value is -2.17. The van der Waals surface area contributed by atoms with E-state index in [2.05, 4.69) is 41.4 Å². The second-order valence-corrected chi connectivity index (χ2v) is 6.95. The van der Waals surface area contributed by atoms with E-state index in [1.807, 2.05) is 30.3 Å². The molecule has 0 saturated carbocycles. The van der Waals surface area contributed by atoms with Gasteiger partial charge in [0.15, 0.2) is 0 Å². The Morgan fingerprint density at radius 1 is 1.16 bits per heavy atom. The molecule has 3 N–H and O–H groups in total. The fraction of sp³-hybridized carbons (Fsp3) is 0.381. The van der Waals surface area contributed by atoms with Crippen LogP contribution in [0.1, 0.15) is 35.6 Å². The third kappa shape index (κ3) is 4.91. The molecule has 3 rings (SSSR count). The summed E-state index contributed by atoms with van der Waals surface area (Å²) in [6, 6.07) is 18.4. The lowest BCUT2D eigenvalue weighted by atomic mass is 10.00. The molecule has 1 unspecified atom stereocenters. The molecule has 4 nitrogen and oxygen atoms in total. The summed E-state index contributed by atoms with van der Waals surface area (Å²) in [5.74, 6) is -0.312. The first-order chi connectivity index (χ1) is 12.1. The van der Waals surface area contributed by atoms with Gasteiger partial charge in [0, 0.05) is 12.6 Å². The molecule has 0 radical (unpaired) electrons. The van der Waals surface area contributed by atoms with Gasteiger partial charge in [0.05, 0.1) is 0 Å². The van der Waals surface area contributed by atoms with Gasteiger partial charge in [-0.2, -0.15) is 0 Å². The smallest absolute Gasteiger partial charge is 0.239 e. The third-order valence-electron chi connectivity index (χ3n) is 4.90. The fourth-order valence-corrected chi connectivity index (χ4v) is 3.55. The summed E-state index contributed by atoms with van der Waals surface area (Å²) in [4.78, 5) is 14.3. The van der Waals surface area contributed by atoms with Crippen molar-refractivity contribution in [1.29, 1.82) is 0 Å². The van der Waals surface area contributed by atoms with Crippen LogP contribution in [0.15, 0.2) is 54.6 Å². The largest absolute Gasteiger partial charge is 0.368 e. The molecule has 2 aromatic carbocycles. The lowest BCUT2D eigenvalue weighted by Gasteiger charge is -2.34. The van der Waals surface area contributed by atoms with Crippen LogP contribution in [0.2, 0.25) is 0 Å². The van der Waals surface area contributed by atoms with Crippen molar-refractivity contribution in [2.24, 2.45) is 5.73 Å². The zero-order valence-electron chi connectivity index (χ0n) is 14.8. The van der Waals surface area contributed by atoms with Crippen LogP contribution < -0.4 is 11.1 Å². The monoisotopic (exact) mass is 337 g/mol. The van der Waals surface area contributed by atoms with Gasteiger partial charge in [-0.3, -0.25) is 15.0 Å². The first-order valence-corrected chi connectivity index (χ1v) is 9.00. The van der Waals surface area contributed by atoms with Crippen LogP contribution in [0.4, 0.5) is 0 Å². The van der Waals surface area contributed by atoms with E-state index in [4.69, 9.17) is 5.73 Å². The number of likely N-dealkylation sites (tertiary alicyclic amines) is 1. The van der Waals surface area contributed by atoms with E-state index in [1.165, 1.54) is 11.1 Å². The summed E-state index contributed by atoms with van der Waals surface area (Å²) in [7, 11) is 0. The Kier molecular flexibility index (Phi) is 5.84. The van der Waals surface area contributed by atoms with Gasteiger partial charge in [0.25, 0.3) is 0 Å². The van der Waals surface area contributed by atoms with Crippen molar-refractivity contribution < 1.29 is 4.79 Å². The number of amides is 1. The number of hydrogen-bond donors (Lipinski definition) is 2. The fourth-order valence-electron chi connectivity index (χ4n) is 3.55. The van der Waals surface area contributed by atoms with Crippen molar-refractivity contribution in [2.75, 3.05) is 13.1 Å². The molecule has 1 fully saturated rings. The van der Waals surface area contributed by atoms with E-state index < -0.39 is 6.04 Å². The van der Waals surface area contributed by atoms with Gasteiger partial charge in [-0.25, -0.2) is 0 Å². The highest BCUT2D eigenvalue weighted by molar-refractivity contribution is 5.81. The number of primary amides is 1. The van der Waals surface area contributed by atoms with Crippen molar-refractivity contribution in [2.45, 2.75) is 38.4 Å². The summed E-state index contributed by atoms with van der Waals surface area (Å²) in [5.41, 5.74) is 9.23. The average molecular weight is 337 g/mol. The van der Waals surface area contributed by atoms with Crippen LogP contribution in [-0.2, 0) is 11.3 Å². The summed E-state index contributed by atoms with van der Waals surface area (Å²) >= 11 is 0. The van der Waals surface area contributed by atoms with E-state index in [1.54, 1.807) is 0 Å². The molecule has 0 bridgehead atoms. The van der Waals surface area contributed by atoms with E-state index in [0.29, 0.717) is 6.04 Å². The van der Waals surface area contributed by atoms with Gasteiger partial charge in [-0.05, 0) is 44.0 Å². The number of rotatable bonds is 6. The third-order valence-corrected chi connectivity index (χ3v) is 4.90. The quantitative estimate of drug-likeness (QED) is 0.852. The van der Waals surface area contributed by atoms with Gasteiger partial charge in [0.1, 0.15) is 6.04 Å². The molecule has 0 aromatic heterocycles. The number of piperidine rings is 1. The zero-order chi connectivity index (χ0) is 17.6. The van der Waals surface area contributed by atoms with Crippen LogP contribution in [0.5, 0.6) is 0 Å². The normalized spacial score (nSPS) is 17.3. The summed E-state index contributed by atoms with van der Waals surface area (Å²) in [5, 5.41) is 3.46. The standard InChI is InChI=1S/C21H27N3O/c1-16-6-5-7-17(14-16)15-24-12-10-19(11-13-24)23-20(21(22)25)18-8-3-2-4-9-18/h2-9,14,19-20,23H,10-13,15H2,1H3,(H2,22,25). The Bertz CT molecular complexity index is 693. The number of nitrogens with zero attached hydrogens (tertiary/aromatic N) is 1. The van der Waals surface area contributed by atoms with Crippen LogP contribution in [-0.4, -0.2) is 29.9 Å². The van der Waals surface area contributed by atoms with Gasteiger partial charge >= 0.3 is 0 Å². The minimum absolute atomic E-state index is 0.312. The van der Waals surface area contributed by atoms with Crippen LogP contribution >= 0.6 is 0 Å². The minimum atomic E-state index is -0.408. The molecule has 2 aromatic rings. The highest BCUT2D eigenvalue weighted by Crippen LogP contribution is 2.19. The van der Waals surface area contributed by atoms with Crippen LogP contribution in [0.3, 0.4) is 0 Å². The lowest BCUT2D eigenvalue weighted by Crippen LogP contribution is -2.46. The first-order valence-electron chi connectivity index (χ1n) is 9.00. The van der Waals surface area contributed by atoms with Crippen LogP contribution in [0.25, 0.3) is 0 Å². The molecule has 1 aliphatic heterocycles. The second-order valence-electron chi connectivity index (χ2n) is 6.95. The van der Waals surface area contributed by atoms with Crippen molar-refractivity contribution in [3.8, 4) is 0 Å². The maximum Gasteiger partial charge on any atom is 0.239 e. The number of aryl methyl sites for hydroxylation is 1. The van der Waals surface area contributed by atoms with E-state index in [-0.39, 0.29) is 5.91 Å². The van der Waals surface area contributed by atoms with Gasteiger partial charge < -0.3 is 5.73 Å². The highest BCUT2D eigenvalue weighted by atomic mass is 16.1. The Labute approximate surface area is 150 Å². The lowest BCUT2D eigenvalue weighted by molar-refractivity contribution is -0.120. The first kappa shape index (κ1) is 17.6. The molecule has 1 heterocycles. The van der Waals surface area contributed by atoms with Gasteiger partial charge in [-0.15, -0.1) is 0 Å². The molecule has 1 saturated heterocycles. The average Bonchev–Trinajstić information content (AvgIpc) is 2.61. The molecule has 132 valence electrons. The number of benzene rings is 2. The van der Waals surface area contributed by atoms with Crippen molar-refractivity contribution in [1.82, 2.24) is 10.2 Å². The summed E-state index contributed by atoms with van der Waals surface area (Å²) in [6.45, 7) is 5.19. The molecule has 0 aliphatic carbocycles. The minimum Gasteiger partial charge on any atom is -0.368 e. The predicted molar refractivity (Wildman–Crippen MR) is 101 cm³/mol. The molecule has 0 spiro atoms. The molecule has 1 atom stereocenters. The topological polar surface area (TPSA) is 58.4 Å². The molecular weight excluding hydrogens is 310 g/mol. The van der Waals surface area contributed by atoms with Gasteiger partial charge in [0.2, 0.25) is 5.91 Å². The van der Waals surface area contributed by atoms with Gasteiger partial charge in [-0.1, -0.05) is 60.2 Å². The second kappa shape index (κ2) is 8.28. The number of carbonyl (C=O) groups excluding carboxylic acids is 1. The van der Waals surface area contributed by atoms with E-state index in [9.17, 15) is 4.79 Å². The molecular formula is C21H27N3O. The van der Waals surface area contributed by atoms with Crippen LogP contribution in [0, 0.1) is 6.92 Å². The number of nitrogens with two attached hydrogens (primary N) is 1. The van der Waals surface area contributed by atoms with E-state index >= 15 is 0 Å². The Morgan fingerprint density at radius 2 is 1.88 bits per heavy atom. The molecule has 1 amide bonds. The zero-order valence-corrected chi connectivity index (χ0v) is 14.8. The number of hydrogen-bond acceptors (Lipinski definition) is 3. The number of carbonyl (C=O) groups is 1. The Balaban J connectivity index is 1.54. The summed E-state index contributed by atoms with van der Waals surface area (Å²) < 4.78 is 0. The molecule has 1 aliphatic rings. The number of nitrogens with one attached hydrogen (secondary N) is 1. The van der Waals surface area contributed by atoms with Crippen molar-refractivity contribution >= 4 is 5.91 Å². The SMILES string of the molecule is Cc1cccc(CN2CCC(NC(C(N)=O)c3ccccc3)CC2)c1. The highest BCUT2D eigenvalue weighted by Gasteiger charge is 2.25. The van der Waals surface area contributed by atoms with Crippen molar-refractivity contribution in [3.05, 3.63) is 71.3 Å². The molecule has 25 heavy (non-hydrogen) atoms. The molecule has 4 heteroatoms. The summed E-state index contributed by atoms with van der Waals surface area (Å²) in [6.07, 6.45) is 2.06. The maximum absolute atomic E-state index is 11.9. The van der Waals surface area contributed by atoms with E-state index in [0.717, 1.165) is 38.0 Å². The Morgan fingerprint density at radius 3 is 2.52 bits per heavy atom. The predicted octanol–water partition coefficient (Wildman–Crippen LogP) is 2.78. The maximum atomic E-state index is 11.9. The van der Waals surface area contributed by atoms with Crippen molar-refractivity contribution in [3.63, 3.8) is 0 Å².